The monoisotopic (exact) mass is 583 g/mol. The number of nitrogens with zero attached hydrogens (tertiary/aromatic N) is 5. The highest BCUT2D eigenvalue weighted by Crippen LogP contribution is 2.37. The summed E-state index contributed by atoms with van der Waals surface area (Å²) in [4.78, 5) is 16.9. The number of ether oxygens (including phenoxy) is 2. The number of hydrogen-bond donors (Lipinski definition) is 1. The lowest BCUT2D eigenvalue weighted by molar-refractivity contribution is 0.155. The number of hydrogen-bond acceptors (Lipinski definition) is 9. The molecule has 1 aliphatic rings. The van der Waals surface area contributed by atoms with Crippen molar-refractivity contribution in [1.29, 1.82) is 0 Å². The van der Waals surface area contributed by atoms with Gasteiger partial charge < -0.3 is 24.4 Å². The minimum atomic E-state index is -4.83. The second kappa shape index (κ2) is 11.2. The van der Waals surface area contributed by atoms with E-state index in [2.05, 4.69) is 9.36 Å². The van der Waals surface area contributed by atoms with Crippen molar-refractivity contribution in [3.8, 4) is 11.5 Å². The molecular formula is C24H27F2N5O6S2. The molecule has 1 aromatic heterocycles. The van der Waals surface area contributed by atoms with E-state index in [0.717, 1.165) is 28.2 Å². The molecule has 1 N–H and O–H groups in total. The standard InChI is InChI=1S/C24H27F2N5O6S2/c1-14-19(29(2)16-7-8-30(12-16)24(32)33)10-18(25)22(21(14)26)39(34,35)31(23-27-13-28-38-23)11-15-5-6-17(36-3)9-20(15)37-4/h5-6,9-10,13,16H,7-8,11-12H2,1-4H3,(H,32,33). The minimum absolute atomic E-state index is 0.0921. The van der Waals surface area contributed by atoms with E-state index in [1.54, 1.807) is 30.1 Å². The number of benzene rings is 2. The zero-order valence-corrected chi connectivity index (χ0v) is 23.2. The van der Waals surface area contributed by atoms with Crippen LogP contribution in [0.15, 0.2) is 35.5 Å². The summed E-state index contributed by atoms with van der Waals surface area (Å²) in [6, 6.07) is 5.37. The average molecular weight is 584 g/mol. The molecule has 39 heavy (non-hydrogen) atoms. The zero-order valence-electron chi connectivity index (χ0n) is 21.6. The largest absolute Gasteiger partial charge is 0.497 e. The average Bonchev–Trinajstić information content (AvgIpc) is 3.61. The van der Waals surface area contributed by atoms with Gasteiger partial charge in [-0.3, -0.25) is 0 Å². The lowest BCUT2D eigenvalue weighted by Gasteiger charge is -2.29. The van der Waals surface area contributed by atoms with Crippen molar-refractivity contribution in [3.05, 3.63) is 53.4 Å². The van der Waals surface area contributed by atoms with Gasteiger partial charge in [-0.15, -0.1) is 0 Å². The van der Waals surface area contributed by atoms with Crippen molar-refractivity contribution in [1.82, 2.24) is 14.3 Å². The summed E-state index contributed by atoms with van der Waals surface area (Å²) in [5.41, 5.74) is 0.432. The van der Waals surface area contributed by atoms with Crippen LogP contribution in [0, 0.1) is 18.6 Å². The third-order valence-electron chi connectivity index (χ3n) is 6.67. The molecule has 0 bridgehead atoms. The van der Waals surface area contributed by atoms with E-state index < -0.39 is 32.6 Å². The lowest BCUT2D eigenvalue weighted by atomic mass is 10.1. The van der Waals surface area contributed by atoms with E-state index in [1.165, 1.54) is 26.0 Å². The second-order valence-electron chi connectivity index (χ2n) is 8.84. The van der Waals surface area contributed by atoms with Crippen molar-refractivity contribution in [3.63, 3.8) is 0 Å². The van der Waals surface area contributed by atoms with Crippen molar-refractivity contribution < 1.29 is 36.6 Å². The third kappa shape index (κ3) is 5.41. The predicted octanol–water partition coefficient (Wildman–Crippen LogP) is 3.73. The van der Waals surface area contributed by atoms with Gasteiger partial charge in [0.15, 0.2) is 10.7 Å². The molecule has 4 rings (SSSR count). The molecule has 1 atom stereocenters. The van der Waals surface area contributed by atoms with E-state index in [1.807, 2.05) is 0 Å². The van der Waals surface area contributed by atoms with E-state index >= 15 is 8.78 Å². The molecule has 2 heterocycles. The lowest BCUT2D eigenvalue weighted by Crippen LogP contribution is -2.37. The van der Waals surface area contributed by atoms with Gasteiger partial charge in [-0.05, 0) is 31.5 Å². The minimum Gasteiger partial charge on any atom is -0.497 e. The summed E-state index contributed by atoms with van der Waals surface area (Å²) in [6.45, 7) is 1.44. The van der Waals surface area contributed by atoms with Crippen LogP contribution < -0.4 is 18.7 Å². The third-order valence-corrected chi connectivity index (χ3v) is 9.25. The quantitative estimate of drug-likeness (QED) is 0.401. The molecule has 2 aromatic carbocycles. The number of aromatic nitrogens is 2. The number of likely N-dealkylation sites (tertiary alicyclic amines) is 1. The van der Waals surface area contributed by atoms with E-state index in [9.17, 15) is 18.3 Å². The molecule has 1 saturated heterocycles. The fraction of sp³-hybridized carbons (Fsp3) is 0.375. The number of rotatable bonds is 9. The van der Waals surface area contributed by atoms with Crippen LogP contribution in [0.2, 0.25) is 0 Å². The van der Waals surface area contributed by atoms with E-state index in [-0.39, 0.29) is 42.1 Å². The Morgan fingerprint density at radius 3 is 2.59 bits per heavy atom. The van der Waals surface area contributed by atoms with E-state index in [0.29, 0.717) is 23.5 Å². The van der Waals surface area contributed by atoms with Gasteiger partial charge in [-0.2, -0.15) is 4.37 Å². The van der Waals surface area contributed by atoms with Crippen LogP contribution in [0.5, 0.6) is 11.5 Å². The topological polar surface area (TPSA) is 125 Å². The van der Waals surface area contributed by atoms with Gasteiger partial charge in [-0.1, -0.05) is 0 Å². The van der Waals surface area contributed by atoms with E-state index in [4.69, 9.17) is 9.47 Å². The summed E-state index contributed by atoms with van der Waals surface area (Å²) >= 11 is 0.751. The Bertz CT molecular complexity index is 1470. The molecule has 1 fully saturated rings. The number of carboxylic acid groups (broad SMARTS) is 1. The maximum atomic E-state index is 15.8. The molecular weight excluding hydrogens is 556 g/mol. The van der Waals surface area contributed by atoms with Crippen LogP contribution >= 0.6 is 11.5 Å². The summed E-state index contributed by atoms with van der Waals surface area (Å²) in [7, 11) is -0.365. The Labute approximate surface area is 228 Å². The molecule has 1 unspecified atom stereocenters. The molecule has 0 radical (unpaired) electrons. The molecule has 1 aliphatic heterocycles. The molecule has 15 heteroatoms. The van der Waals surface area contributed by atoms with Gasteiger partial charge in [0.25, 0.3) is 10.0 Å². The Morgan fingerprint density at radius 2 is 2.00 bits per heavy atom. The zero-order chi connectivity index (χ0) is 28.5. The Hall–Kier alpha value is -3.72. The first kappa shape index (κ1) is 28.3. The number of halogens is 2. The van der Waals surface area contributed by atoms with Gasteiger partial charge in [-0.25, -0.2) is 31.3 Å². The maximum Gasteiger partial charge on any atom is 0.407 e. The summed E-state index contributed by atoms with van der Waals surface area (Å²) < 4.78 is 74.3. The molecule has 0 saturated carbocycles. The first-order chi connectivity index (χ1) is 18.5. The number of anilines is 2. The van der Waals surface area contributed by atoms with Gasteiger partial charge in [0.05, 0.1) is 20.8 Å². The van der Waals surface area contributed by atoms with Crippen molar-refractivity contribution in [2.24, 2.45) is 0 Å². The number of likely N-dealkylation sites (N-methyl/N-ethyl adjacent to an activating group) is 1. The highest BCUT2D eigenvalue weighted by Gasteiger charge is 2.37. The second-order valence-corrected chi connectivity index (χ2v) is 11.4. The molecule has 0 aliphatic carbocycles. The molecule has 0 spiro atoms. The van der Waals surface area contributed by atoms with Gasteiger partial charge in [0.2, 0.25) is 5.13 Å². The summed E-state index contributed by atoms with van der Waals surface area (Å²) in [5, 5.41) is 9.15. The molecule has 11 nitrogen and oxygen atoms in total. The highest BCUT2D eigenvalue weighted by atomic mass is 32.2. The molecule has 3 aromatic rings. The van der Waals surface area contributed by atoms with Crippen LogP contribution in [0.4, 0.5) is 24.4 Å². The normalized spacial score (nSPS) is 15.3. The highest BCUT2D eigenvalue weighted by molar-refractivity contribution is 7.93. The maximum absolute atomic E-state index is 15.8. The fourth-order valence-electron chi connectivity index (χ4n) is 4.49. The molecule has 210 valence electrons. The van der Waals surface area contributed by atoms with Gasteiger partial charge in [0.1, 0.15) is 23.6 Å². The summed E-state index contributed by atoms with van der Waals surface area (Å²) in [6.07, 6.45) is 0.526. The first-order valence-corrected chi connectivity index (χ1v) is 13.9. The molecule has 1 amide bonds. The van der Waals surface area contributed by atoms with Crippen LogP contribution in [-0.4, -0.2) is 74.3 Å². The van der Waals surface area contributed by atoms with Crippen molar-refractivity contribution in [2.75, 3.05) is 43.6 Å². The Balaban J connectivity index is 1.75. The van der Waals surface area contributed by atoms with Crippen LogP contribution in [0.1, 0.15) is 17.5 Å². The van der Waals surface area contributed by atoms with Crippen molar-refractivity contribution >= 4 is 38.5 Å². The van der Waals surface area contributed by atoms with Crippen LogP contribution in [0.3, 0.4) is 0 Å². The smallest absolute Gasteiger partial charge is 0.407 e. The van der Waals surface area contributed by atoms with Gasteiger partial charge in [0, 0.05) is 60.6 Å². The number of methoxy groups -OCH3 is 2. The summed E-state index contributed by atoms with van der Waals surface area (Å²) in [5.74, 6) is -1.76. The Kier molecular flexibility index (Phi) is 8.11. The van der Waals surface area contributed by atoms with Crippen LogP contribution in [-0.2, 0) is 16.6 Å². The Morgan fingerprint density at radius 1 is 1.26 bits per heavy atom. The first-order valence-electron chi connectivity index (χ1n) is 11.7. The van der Waals surface area contributed by atoms with Crippen LogP contribution in [0.25, 0.3) is 0 Å². The number of amides is 1. The fourth-order valence-corrected chi connectivity index (χ4v) is 6.79. The predicted molar refractivity (Wildman–Crippen MR) is 140 cm³/mol. The SMILES string of the molecule is COc1ccc(CN(c2ncns2)S(=O)(=O)c2c(F)cc(N(C)C3CCN(C(=O)O)C3)c(C)c2F)c(OC)c1. The van der Waals surface area contributed by atoms with Gasteiger partial charge >= 0.3 is 6.09 Å². The number of sulfonamides is 1. The number of carbonyl (C=O) groups is 1. The van der Waals surface area contributed by atoms with Crippen molar-refractivity contribution in [2.45, 2.75) is 30.8 Å².